The smallest absolute Gasteiger partial charge is 0.220 e. The Hall–Kier alpha value is -0.650. The molecule has 5 nitrogen and oxygen atoms in total. The topological polar surface area (TPSA) is 89.8 Å². The predicted octanol–water partition coefficient (Wildman–Crippen LogP) is 15.4. The highest BCUT2D eigenvalue weighted by molar-refractivity contribution is 5.76. The number of rotatable bonds is 48. The molecule has 0 radical (unpaired) electrons. The molecule has 0 spiro atoms. The Kier molecular flexibility index (Phi) is 46.5. The lowest BCUT2D eigenvalue weighted by Gasteiger charge is -2.26. The van der Waals surface area contributed by atoms with Crippen LogP contribution >= 0.6 is 0 Å². The standard InChI is InChI=1S/C51H103NO4/c1-3-5-7-9-11-13-15-17-19-21-23-24-25-26-28-29-31-33-35-37-39-41-43-45-49(54)51(56)48(47-53)52-50(55)46-44-42-40-38-36-34-32-30-27-22-20-18-16-14-12-10-8-6-4-2/h48-49,51,53-54,56H,3-47H2,1-2H3,(H,52,55). The highest BCUT2D eigenvalue weighted by Gasteiger charge is 2.26. The van der Waals surface area contributed by atoms with Crippen LogP contribution in [0.5, 0.6) is 0 Å². The molecule has 0 heterocycles. The summed E-state index contributed by atoms with van der Waals surface area (Å²) in [7, 11) is 0. The molecule has 0 aromatic heterocycles. The van der Waals surface area contributed by atoms with Crippen LogP contribution in [0.4, 0.5) is 0 Å². The maximum absolute atomic E-state index is 12.5. The molecule has 3 unspecified atom stereocenters. The van der Waals surface area contributed by atoms with E-state index in [0.717, 1.165) is 32.1 Å². The van der Waals surface area contributed by atoms with E-state index in [-0.39, 0.29) is 12.5 Å². The van der Waals surface area contributed by atoms with Crippen LogP contribution in [0.3, 0.4) is 0 Å². The molecule has 0 aliphatic rings. The molecule has 0 fully saturated rings. The first-order valence-corrected chi connectivity index (χ1v) is 25.8. The largest absolute Gasteiger partial charge is 0.394 e. The molecule has 56 heavy (non-hydrogen) atoms. The van der Waals surface area contributed by atoms with E-state index >= 15 is 0 Å². The van der Waals surface area contributed by atoms with Crippen LogP contribution in [-0.4, -0.2) is 46.1 Å². The molecule has 0 rings (SSSR count). The molecule has 0 saturated carbocycles. The van der Waals surface area contributed by atoms with Gasteiger partial charge in [0.15, 0.2) is 0 Å². The third kappa shape index (κ3) is 41.5. The monoisotopic (exact) mass is 794 g/mol. The van der Waals surface area contributed by atoms with E-state index in [0.29, 0.717) is 12.8 Å². The Morgan fingerprint density at radius 3 is 0.857 bits per heavy atom. The summed E-state index contributed by atoms with van der Waals surface area (Å²) < 4.78 is 0. The zero-order valence-corrected chi connectivity index (χ0v) is 38.3. The average molecular weight is 794 g/mol. The van der Waals surface area contributed by atoms with E-state index in [1.807, 2.05) is 0 Å². The molecule has 0 aliphatic heterocycles. The molecule has 0 bridgehead atoms. The molecule has 0 aromatic carbocycles. The van der Waals surface area contributed by atoms with Crippen molar-refractivity contribution < 1.29 is 20.1 Å². The van der Waals surface area contributed by atoms with Crippen LogP contribution in [0.25, 0.3) is 0 Å². The van der Waals surface area contributed by atoms with Crippen molar-refractivity contribution in [3.63, 3.8) is 0 Å². The van der Waals surface area contributed by atoms with Gasteiger partial charge in [-0.25, -0.2) is 0 Å². The van der Waals surface area contributed by atoms with E-state index in [2.05, 4.69) is 19.2 Å². The minimum absolute atomic E-state index is 0.137. The summed E-state index contributed by atoms with van der Waals surface area (Å²) in [6.45, 7) is 4.22. The highest BCUT2D eigenvalue weighted by atomic mass is 16.3. The molecule has 1 amide bonds. The molecular formula is C51H103NO4. The first-order valence-electron chi connectivity index (χ1n) is 25.8. The fourth-order valence-electron chi connectivity index (χ4n) is 8.46. The second-order valence-electron chi connectivity index (χ2n) is 18.1. The van der Waals surface area contributed by atoms with Crippen molar-refractivity contribution in [1.29, 1.82) is 0 Å². The van der Waals surface area contributed by atoms with Gasteiger partial charge in [-0.3, -0.25) is 4.79 Å². The van der Waals surface area contributed by atoms with Crippen molar-refractivity contribution in [2.45, 2.75) is 315 Å². The molecule has 4 N–H and O–H groups in total. The third-order valence-corrected chi connectivity index (χ3v) is 12.5. The Balaban J connectivity index is 3.52. The minimum atomic E-state index is -1.13. The number of aliphatic hydroxyl groups excluding tert-OH is 3. The van der Waals surface area contributed by atoms with Gasteiger partial charge in [-0.1, -0.05) is 277 Å². The summed E-state index contributed by atoms with van der Waals surface area (Å²) in [6, 6.07) is -0.803. The maximum atomic E-state index is 12.5. The van der Waals surface area contributed by atoms with E-state index in [4.69, 9.17) is 0 Å². The summed E-state index contributed by atoms with van der Waals surface area (Å²) in [5, 5.41) is 33.7. The van der Waals surface area contributed by atoms with Gasteiger partial charge in [0, 0.05) is 6.42 Å². The molecule has 5 heteroatoms. The Bertz CT molecular complexity index is 747. The lowest BCUT2D eigenvalue weighted by Crippen LogP contribution is -2.50. The van der Waals surface area contributed by atoms with Crippen molar-refractivity contribution >= 4 is 5.91 Å². The SMILES string of the molecule is CCCCCCCCCCCCCCCCCCCCCCCCCC(O)C(O)C(CO)NC(=O)CCCCCCCCCCCCCCCCCCCCC. The second-order valence-corrected chi connectivity index (χ2v) is 18.1. The second kappa shape index (κ2) is 47.0. The van der Waals surface area contributed by atoms with Gasteiger partial charge >= 0.3 is 0 Å². The van der Waals surface area contributed by atoms with E-state index < -0.39 is 18.2 Å². The fraction of sp³-hybridized carbons (Fsp3) is 0.980. The molecule has 3 atom stereocenters. The summed E-state index contributed by atoms with van der Waals surface area (Å²) in [4.78, 5) is 12.5. The van der Waals surface area contributed by atoms with Crippen molar-refractivity contribution in [2.75, 3.05) is 6.61 Å². The molecule has 0 saturated heterocycles. The van der Waals surface area contributed by atoms with Gasteiger partial charge in [0.2, 0.25) is 5.91 Å². The summed E-state index contributed by atoms with van der Waals surface area (Å²) in [5.41, 5.74) is 0. The lowest BCUT2D eigenvalue weighted by atomic mass is 9.99. The van der Waals surface area contributed by atoms with Crippen LogP contribution in [-0.2, 0) is 4.79 Å². The van der Waals surface area contributed by atoms with Gasteiger partial charge in [0.25, 0.3) is 0 Å². The lowest BCUT2D eigenvalue weighted by molar-refractivity contribution is -0.124. The first kappa shape index (κ1) is 55.4. The van der Waals surface area contributed by atoms with Crippen molar-refractivity contribution in [2.24, 2.45) is 0 Å². The minimum Gasteiger partial charge on any atom is -0.394 e. The van der Waals surface area contributed by atoms with Crippen molar-refractivity contribution in [3.05, 3.63) is 0 Å². The molecule has 0 aromatic rings. The number of carbonyl (C=O) groups excluding carboxylic acids is 1. The van der Waals surface area contributed by atoms with Gasteiger partial charge in [-0.15, -0.1) is 0 Å². The summed E-state index contributed by atoms with van der Waals surface area (Å²) in [6.07, 6.45) is 55.2. The Labute approximate surface area is 351 Å². The van der Waals surface area contributed by atoms with Crippen LogP contribution in [0.15, 0.2) is 0 Å². The third-order valence-electron chi connectivity index (χ3n) is 12.5. The predicted molar refractivity (Wildman–Crippen MR) is 246 cm³/mol. The first-order chi connectivity index (χ1) is 27.6. The van der Waals surface area contributed by atoms with Gasteiger partial charge in [0.05, 0.1) is 18.8 Å². The number of hydrogen-bond acceptors (Lipinski definition) is 4. The zero-order chi connectivity index (χ0) is 40.8. The zero-order valence-electron chi connectivity index (χ0n) is 38.3. The van der Waals surface area contributed by atoms with Crippen LogP contribution in [0, 0.1) is 0 Å². The number of hydrogen-bond donors (Lipinski definition) is 4. The fourth-order valence-corrected chi connectivity index (χ4v) is 8.46. The number of carbonyl (C=O) groups is 1. The van der Waals surface area contributed by atoms with E-state index in [1.165, 1.54) is 238 Å². The highest BCUT2D eigenvalue weighted by Crippen LogP contribution is 2.18. The maximum Gasteiger partial charge on any atom is 0.220 e. The van der Waals surface area contributed by atoms with Gasteiger partial charge in [0.1, 0.15) is 6.10 Å². The Morgan fingerprint density at radius 2 is 0.607 bits per heavy atom. The van der Waals surface area contributed by atoms with Gasteiger partial charge in [-0.05, 0) is 12.8 Å². The normalized spacial score (nSPS) is 13.3. The summed E-state index contributed by atoms with van der Waals surface area (Å²) in [5.74, 6) is -0.137. The number of unbranched alkanes of at least 4 members (excludes halogenated alkanes) is 40. The van der Waals surface area contributed by atoms with Crippen LogP contribution in [0.2, 0.25) is 0 Å². The van der Waals surface area contributed by atoms with Gasteiger partial charge < -0.3 is 20.6 Å². The van der Waals surface area contributed by atoms with Gasteiger partial charge in [-0.2, -0.15) is 0 Å². The summed E-state index contributed by atoms with van der Waals surface area (Å²) >= 11 is 0. The quantitative estimate of drug-likeness (QED) is 0.0462. The molecule has 336 valence electrons. The number of aliphatic hydroxyl groups is 3. The van der Waals surface area contributed by atoms with Crippen LogP contribution in [0.1, 0.15) is 296 Å². The van der Waals surface area contributed by atoms with E-state index in [9.17, 15) is 20.1 Å². The molecular weight excluding hydrogens is 691 g/mol. The Morgan fingerprint density at radius 1 is 0.375 bits per heavy atom. The number of nitrogens with one attached hydrogen (secondary N) is 1. The average Bonchev–Trinajstić information content (AvgIpc) is 3.20. The van der Waals surface area contributed by atoms with Crippen molar-refractivity contribution in [3.8, 4) is 0 Å². The van der Waals surface area contributed by atoms with Crippen molar-refractivity contribution in [1.82, 2.24) is 5.32 Å². The van der Waals surface area contributed by atoms with E-state index in [1.54, 1.807) is 0 Å². The number of amides is 1. The van der Waals surface area contributed by atoms with Crippen LogP contribution < -0.4 is 5.32 Å². The molecule has 0 aliphatic carbocycles.